The minimum Gasteiger partial charge on any atom is -0.315 e. The predicted octanol–water partition coefficient (Wildman–Crippen LogP) is 1.86. The second kappa shape index (κ2) is 11.6. The predicted molar refractivity (Wildman–Crippen MR) is 50.0 cm³/mol. The van der Waals surface area contributed by atoms with Gasteiger partial charge in [0.2, 0.25) is 0 Å². The fourth-order valence-corrected chi connectivity index (χ4v) is 0.846. The lowest BCUT2D eigenvalue weighted by atomic mass is 10.4. The number of hydrogen-bond donors (Lipinski definition) is 1. The first kappa shape index (κ1) is 12.5. The Morgan fingerprint density at radius 3 is 2.50 bits per heavy atom. The molecule has 0 fully saturated rings. The van der Waals surface area contributed by atoms with E-state index in [9.17, 15) is 0 Å². The van der Waals surface area contributed by atoms with Gasteiger partial charge >= 0.3 is 0 Å². The van der Waals surface area contributed by atoms with Crippen LogP contribution in [0.2, 0.25) is 0 Å². The molecule has 0 saturated carbocycles. The number of hydrogen-bond acceptors (Lipinski definition) is 3. The standard InChI is InChI=1S/C5H10N2S.C2H6.H2/c1-2-8-4-5(7)3-6;1-2;/h5H,2,4,7H2,1H3;1-2H3;1H. The highest BCUT2D eigenvalue weighted by atomic mass is 32.2. The van der Waals surface area contributed by atoms with Gasteiger partial charge in [0.25, 0.3) is 0 Å². The van der Waals surface area contributed by atoms with Gasteiger partial charge in [-0.05, 0) is 5.75 Å². The molecule has 0 aromatic rings. The van der Waals surface area contributed by atoms with Crippen LogP contribution in [-0.2, 0) is 0 Å². The van der Waals surface area contributed by atoms with E-state index >= 15 is 0 Å². The second-order valence-corrected chi connectivity index (χ2v) is 2.71. The fourth-order valence-electron chi connectivity index (χ4n) is 0.282. The maximum absolute atomic E-state index is 8.17. The van der Waals surface area contributed by atoms with Crippen LogP contribution in [0.15, 0.2) is 0 Å². The molecule has 0 aliphatic rings. The first-order valence-corrected chi connectivity index (χ1v) is 4.69. The Kier molecular flexibility index (Phi) is 14.4. The highest BCUT2D eigenvalue weighted by molar-refractivity contribution is 7.99. The highest BCUT2D eigenvalue weighted by Crippen LogP contribution is 1.98. The van der Waals surface area contributed by atoms with Crippen molar-refractivity contribution in [1.29, 1.82) is 5.26 Å². The SMILES string of the molecule is CC.CCSCC(N)C#N.[HH]. The average Bonchev–Trinajstić information content (AvgIpc) is 2.04. The Labute approximate surface area is 69.3 Å². The minimum atomic E-state index is -0.278. The highest BCUT2D eigenvalue weighted by Gasteiger charge is 1.95. The maximum atomic E-state index is 8.17. The van der Waals surface area contributed by atoms with E-state index in [1.807, 2.05) is 19.9 Å². The molecule has 0 aliphatic carbocycles. The number of nitriles is 1. The van der Waals surface area contributed by atoms with Crippen molar-refractivity contribution in [3.8, 4) is 6.07 Å². The summed E-state index contributed by atoms with van der Waals surface area (Å²) in [6, 6.07) is 1.68. The van der Waals surface area contributed by atoms with Gasteiger partial charge in [-0.1, -0.05) is 20.8 Å². The summed E-state index contributed by atoms with van der Waals surface area (Å²) < 4.78 is 0. The number of nitrogens with zero attached hydrogens (tertiary/aromatic N) is 1. The van der Waals surface area contributed by atoms with Crippen molar-refractivity contribution in [1.82, 2.24) is 0 Å². The monoisotopic (exact) mass is 162 g/mol. The van der Waals surface area contributed by atoms with E-state index in [1.165, 1.54) is 0 Å². The Hall–Kier alpha value is -0.200. The zero-order chi connectivity index (χ0) is 8.41. The Morgan fingerprint density at radius 1 is 1.70 bits per heavy atom. The van der Waals surface area contributed by atoms with Crippen molar-refractivity contribution < 1.29 is 1.43 Å². The Bertz CT molecular complexity index is 92.9. The van der Waals surface area contributed by atoms with Gasteiger partial charge in [0, 0.05) is 7.18 Å². The van der Waals surface area contributed by atoms with Gasteiger partial charge in [-0.15, -0.1) is 0 Å². The van der Waals surface area contributed by atoms with E-state index in [1.54, 1.807) is 11.8 Å². The van der Waals surface area contributed by atoms with Crippen LogP contribution in [0.1, 0.15) is 22.2 Å². The van der Waals surface area contributed by atoms with Gasteiger partial charge < -0.3 is 5.73 Å². The van der Waals surface area contributed by atoms with Gasteiger partial charge in [0.15, 0.2) is 0 Å². The molecule has 2 nitrogen and oxygen atoms in total. The second-order valence-electron chi connectivity index (χ2n) is 1.40. The molecule has 0 aromatic carbocycles. The van der Waals surface area contributed by atoms with E-state index in [2.05, 4.69) is 6.92 Å². The number of rotatable bonds is 3. The third-order valence-corrected chi connectivity index (χ3v) is 1.67. The van der Waals surface area contributed by atoms with Gasteiger partial charge in [0.1, 0.15) is 6.04 Å². The molecular weight excluding hydrogens is 144 g/mol. The summed E-state index contributed by atoms with van der Waals surface area (Å²) in [6.07, 6.45) is 0. The lowest BCUT2D eigenvalue weighted by Crippen LogP contribution is -2.19. The molecule has 0 spiro atoms. The van der Waals surface area contributed by atoms with E-state index in [4.69, 9.17) is 11.0 Å². The molecule has 0 radical (unpaired) electrons. The molecule has 3 heteroatoms. The molecule has 2 N–H and O–H groups in total. The van der Waals surface area contributed by atoms with Crippen LogP contribution in [0.25, 0.3) is 0 Å². The van der Waals surface area contributed by atoms with Crippen LogP contribution < -0.4 is 5.73 Å². The van der Waals surface area contributed by atoms with Gasteiger partial charge in [-0.25, -0.2) is 0 Å². The smallest absolute Gasteiger partial charge is 0.102 e. The lowest BCUT2D eigenvalue weighted by Gasteiger charge is -1.96. The maximum Gasteiger partial charge on any atom is 0.102 e. The third kappa shape index (κ3) is 10.7. The van der Waals surface area contributed by atoms with E-state index in [-0.39, 0.29) is 7.47 Å². The number of thioether (sulfide) groups is 1. The third-order valence-electron chi connectivity index (χ3n) is 0.667. The molecule has 0 aromatic heterocycles. The minimum absolute atomic E-state index is 0. The van der Waals surface area contributed by atoms with E-state index < -0.39 is 0 Å². The van der Waals surface area contributed by atoms with Crippen molar-refractivity contribution >= 4 is 11.8 Å². The molecule has 0 aliphatic heterocycles. The zero-order valence-corrected chi connectivity index (χ0v) is 7.74. The van der Waals surface area contributed by atoms with Crippen molar-refractivity contribution in [3.05, 3.63) is 0 Å². The molecule has 62 valence electrons. The van der Waals surface area contributed by atoms with Crippen molar-refractivity contribution in [2.24, 2.45) is 5.73 Å². The van der Waals surface area contributed by atoms with Crippen LogP contribution in [0.4, 0.5) is 0 Å². The van der Waals surface area contributed by atoms with Crippen molar-refractivity contribution in [2.45, 2.75) is 26.8 Å². The van der Waals surface area contributed by atoms with Crippen LogP contribution >= 0.6 is 11.8 Å². The summed E-state index contributed by atoms with van der Waals surface area (Å²) in [5, 5.41) is 8.17. The van der Waals surface area contributed by atoms with Gasteiger partial charge in [-0.3, -0.25) is 0 Å². The summed E-state index contributed by atoms with van der Waals surface area (Å²) in [6.45, 7) is 6.05. The Morgan fingerprint density at radius 2 is 2.20 bits per heavy atom. The molecular formula is C7H18N2S. The molecule has 0 rings (SSSR count). The summed E-state index contributed by atoms with van der Waals surface area (Å²) in [4.78, 5) is 0. The topological polar surface area (TPSA) is 49.8 Å². The Balaban J connectivity index is -0.000000196. The van der Waals surface area contributed by atoms with Crippen LogP contribution in [0, 0.1) is 11.3 Å². The molecule has 1 atom stereocenters. The molecule has 0 heterocycles. The first-order valence-electron chi connectivity index (χ1n) is 3.54. The summed E-state index contributed by atoms with van der Waals surface area (Å²) >= 11 is 1.69. The van der Waals surface area contributed by atoms with Gasteiger partial charge in [0.05, 0.1) is 6.07 Å². The summed E-state index contributed by atoms with van der Waals surface area (Å²) in [5.41, 5.74) is 5.28. The fraction of sp³-hybridized carbons (Fsp3) is 0.857. The van der Waals surface area contributed by atoms with Crippen LogP contribution in [-0.4, -0.2) is 17.5 Å². The quantitative estimate of drug-likeness (QED) is 0.689. The van der Waals surface area contributed by atoms with Gasteiger partial charge in [-0.2, -0.15) is 17.0 Å². The molecule has 0 bridgehead atoms. The largest absolute Gasteiger partial charge is 0.315 e. The molecule has 10 heavy (non-hydrogen) atoms. The van der Waals surface area contributed by atoms with Crippen molar-refractivity contribution in [3.63, 3.8) is 0 Å². The normalized spacial score (nSPS) is 10.7. The van der Waals surface area contributed by atoms with Crippen LogP contribution in [0.5, 0.6) is 0 Å². The van der Waals surface area contributed by atoms with E-state index in [0.29, 0.717) is 0 Å². The molecule has 0 amide bonds. The lowest BCUT2D eigenvalue weighted by molar-refractivity contribution is 0.954. The summed E-state index contributed by atoms with van der Waals surface area (Å²) in [5.74, 6) is 1.79. The molecule has 0 saturated heterocycles. The zero-order valence-electron chi connectivity index (χ0n) is 6.92. The van der Waals surface area contributed by atoms with Crippen LogP contribution in [0.3, 0.4) is 0 Å². The first-order chi connectivity index (χ1) is 4.81. The van der Waals surface area contributed by atoms with E-state index in [0.717, 1.165) is 11.5 Å². The number of nitrogens with two attached hydrogens (primary N) is 1. The molecule has 1 unspecified atom stereocenters. The summed E-state index contributed by atoms with van der Waals surface area (Å²) in [7, 11) is 0. The average molecular weight is 162 g/mol. The van der Waals surface area contributed by atoms with Crippen molar-refractivity contribution in [2.75, 3.05) is 11.5 Å².